The lowest BCUT2D eigenvalue weighted by Crippen LogP contribution is -2.04. The van der Waals surface area contributed by atoms with Gasteiger partial charge in [0, 0.05) is 0 Å². The van der Waals surface area contributed by atoms with E-state index in [-0.39, 0.29) is 18.5 Å². The summed E-state index contributed by atoms with van der Waals surface area (Å²) in [6.45, 7) is 1.69. The van der Waals surface area contributed by atoms with Crippen molar-refractivity contribution < 1.29 is 14.2 Å². The Morgan fingerprint density at radius 1 is 1.17 bits per heavy atom. The lowest BCUT2D eigenvalue weighted by Gasteiger charge is -2.15. The first-order valence-corrected chi connectivity index (χ1v) is 5.81. The second kappa shape index (κ2) is 5.65. The van der Waals surface area contributed by atoms with Gasteiger partial charge in [-0.3, -0.25) is 0 Å². The summed E-state index contributed by atoms with van der Waals surface area (Å²) in [5, 5.41) is 8.91. The third kappa shape index (κ3) is 2.87. The third-order valence-corrected chi connectivity index (χ3v) is 2.75. The quantitative estimate of drug-likeness (QED) is 0.895. The van der Waals surface area contributed by atoms with Gasteiger partial charge in [-0.1, -0.05) is 36.4 Å². The Morgan fingerprint density at radius 2 is 1.89 bits per heavy atom. The molecule has 94 valence electrons. The van der Waals surface area contributed by atoms with Crippen LogP contribution in [0.5, 0.6) is 5.75 Å². The van der Waals surface area contributed by atoms with Crippen molar-refractivity contribution in [3.63, 3.8) is 0 Å². The molecule has 0 saturated carbocycles. The van der Waals surface area contributed by atoms with Crippen molar-refractivity contribution in [3.8, 4) is 5.75 Å². The van der Waals surface area contributed by atoms with E-state index in [0.717, 1.165) is 5.56 Å². The first-order chi connectivity index (χ1) is 8.70. The Kier molecular flexibility index (Phi) is 3.95. The lowest BCUT2D eigenvalue weighted by atomic mass is 10.1. The minimum absolute atomic E-state index is 0.175. The van der Waals surface area contributed by atoms with Gasteiger partial charge in [0.25, 0.3) is 0 Å². The van der Waals surface area contributed by atoms with Gasteiger partial charge in [0.15, 0.2) is 11.6 Å². The number of rotatable bonds is 4. The van der Waals surface area contributed by atoms with Crippen LogP contribution < -0.4 is 4.74 Å². The molecule has 0 spiro atoms. The van der Waals surface area contributed by atoms with Gasteiger partial charge >= 0.3 is 0 Å². The highest BCUT2D eigenvalue weighted by Crippen LogP contribution is 2.25. The van der Waals surface area contributed by atoms with Crippen LogP contribution in [0.15, 0.2) is 48.5 Å². The molecular weight excluding hydrogens is 231 g/mol. The summed E-state index contributed by atoms with van der Waals surface area (Å²) in [5.74, 6) is -0.257. The summed E-state index contributed by atoms with van der Waals surface area (Å²) < 4.78 is 19.3. The molecule has 0 aliphatic rings. The molecule has 1 unspecified atom stereocenters. The van der Waals surface area contributed by atoms with Gasteiger partial charge in [0.2, 0.25) is 0 Å². The fourth-order valence-electron chi connectivity index (χ4n) is 1.72. The van der Waals surface area contributed by atoms with Crippen molar-refractivity contribution in [2.24, 2.45) is 0 Å². The Labute approximate surface area is 106 Å². The molecule has 1 atom stereocenters. The topological polar surface area (TPSA) is 29.5 Å². The molecule has 2 nitrogen and oxygen atoms in total. The summed E-state index contributed by atoms with van der Waals surface area (Å²) in [6, 6.07) is 14.1. The minimum atomic E-state index is -0.454. The van der Waals surface area contributed by atoms with E-state index in [9.17, 15) is 4.39 Å². The van der Waals surface area contributed by atoms with E-state index in [1.807, 2.05) is 37.3 Å². The van der Waals surface area contributed by atoms with Crippen LogP contribution in [0.25, 0.3) is 0 Å². The van der Waals surface area contributed by atoms with Crippen LogP contribution in [0.3, 0.4) is 0 Å². The number of aliphatic hydroxyl groups excluding tert-OH is 1. The molecule has 0 saturated heterocycles. The van der Waals surface area contributed by atoms with Crippen molar-refractivity contribution >= 4 is 0 Å². The van der Waals surface area contributed by atoms with Crippen molar-refractivity contribution in [3.05, 3.63) is 65.5 Å². The molecule has 18 heavy (non-hydrogen) atoms. The van der Waals surface area contributed by atoms with Crippen molar-refractivity contribution in [2.75, 3.05) is 0 Å². The number of hydrogen-bond acceptors (Lipinski definition) is 2. The zero-order valence-corrected chi connectivity index (χ0v) is 10.1. The van der Waals surface area contributed by atoms with Gasteiger partial charge in [0.1, 0.15) is 6.10 Å². The van der Waals surface area contributed by atoms with Crippen LogP contribution in [0, 0.1) is 5.82 Å². The molecule has 2 aromatic rings. The van der Waals surface area contributed by atoms with Crippen LogP contribution in [-0.4, -0.2) is 5.11 Å². The number of hydrogen-bond donors (Lipinski definition) is 1. The van der Waals surface area contributed by atoms with Crippen molar-refractivity contribution in [1.29, 1.82) is 0 Å². The van der Waals surface area contributed by atoms with Gasteiger partial charge in [-0.05, 0) is 30.2 Å². The Bertz CT molecular complexity index is 511. The molecule has 0 heterocycles. The molecule has 2 rings (SSSR count). The molecule has 0 bridgehead atoms. The monoisotopic (exact) mass is 246 g/mol. The second-order valence-electron chi connectivity index (χ2n) is 4.09. The van der Waals surface area contributed by atoms with Gasteiger partial charge in [0.05, 0.1) is 6.61 Å². The molecule has 1 N–H and O–H groups in total. The minimum Gasteiger partial charge on any atom is -0.483 e. The highest BCUT2D eigenvalue weighted by molar-refractivity contribution is 5.30. The Balaban J connectivity index is 2.14. The van der Waals surface area contributed by atoms with E-state index in [4.69, 9.17) is 9.84 Å². The number of benzene rings is 2. The molecule has 0 aromatic heterocycles. The number of ether oxygens (including phenoxy) is 1. The predicted molar refractivity (Wildman–Crippen MR) is 67.8 cm³/mol. The molecule has 0 aliphatic heterocycles. The van der Waals surface area contributed by atoms with Crippen LogP contribution in [0.2, 0.25) is 0 Å². The van der Waals surface area contributed by atoms with Gasteiger partial charge in [-0.15, -0.1) is 0 Å². The summed E-state index contributed by atoms with van der Waals surface area (Å²) in [5.41, 5.74) is 1.52. The van der Waals surface area contributed by atoms with E-state index in [1.165, 1.54) is 6.07 Å². The fraction of sp³-hybridized carbons (Fsp3) is 0.200. The molecule has 2 aromatic carbocycles. The highest BCUT2D eigenvalue weighted by atomic mass is 19.1. The molecule has 0 amide bonds. The maximum Gasteiger partial charge on any atom is 0.165 e. The summed E-state index contributed by atoms with van der Waals surface area (Å²) in [7, 11) is 0. The summed E-state index contributed by atoms with van der Waals surface area (Å²) >= 11 is 0. The van der Waals surface area contributed by atoms with Crippen molar-refractivity contribution in [2.45, 2.75) is 19.6 Å². The maximum atomic E-state index is 13.7. The predicted octanol–water partition coefficient (Wildman–Crippen LogP) is 3.46. The lowest BCUT2D eigenvalue weighted by molar-refractivity contribution is 0.215. The van der Waals surface area contributed by atoms with E-state index in [1.54, 1.807) is 12.1 Å². The molecule has 0 radical (unpaired) electrons. The molecule has 0 fully saturated rings. The number of halogens is 1. The first kappa shape index (κ1) is 12.6. The smallest absolute Gasteiger partial charge is 0.165 e. The van der Waals surface area contributed by atoms with Crippen LogP contribution >= 0.6 is 0 Å². The third-order valence-electron chi connectivity index (χ3n) is 2.75. The first-order valence-electron chi connectivity index (χ1n) is 5.81. The standard InChI is InChI=1S/C15H15FO2/c1-11(13-5-3-2-4-6-13)18-15-8-7-12(10-17)9-14(15)16/h2-9,11,17H,10H2,1H3. The maximum absolute atomic E-state index is 13.7. The number of aliphatic hydroxyl groups is 1. The SMILES string of the molecule is CC(Oc1ccc(CO)cc1F)c1ccccc1. The normalized spacial score (nSPS) is 12.2. The van der Waals surface area contributed by atoms with Crippen LogP contribution in [-0.2, 0) is 6.61 Å². The van der Waals surface area contributed by atoms with E-state index < -0.39 is 5.82 Å². The summed E-state index contributed by atoms with van der Waals surface area (Å²) in [4.78, 5) is 0. The highest BCUT2D eigenvalue weighted by Gasteiger charge is 2.10. The summed E-state index contributed by atoms with van der Waals surface area (Å²) in [6.07, 6.45) is -0.222. The van der Waals surface area contributed by atoms with E-state index >= 15 is 0 Å². The van der Waals surface area contributed by atoms with Gasteiger partial charge < -0.3 is 9.84 Å². The van der Waals surface area contributed by atoms with E-state index in [2.05, 4.69) is 0 Å². The fourth-order valence-corrected chi connectivity index (χ4v) is 1.72. The van der Waals surface area contributed by atoms with Gasteiger partial charge in [-0.25, -0.2) is 4.39 Å². The average Bonchev–Trinajstić information content (AvgIpc) is 2.42. The van der Waals surface area contributed by atoms with E-state index in [0.29, 0.717) is 5.56 Å². The zero-order valence-electron chi connectivity index (χ0n) is 10.1. The van der Waals surface area contributed by atoms with Crippen LogP contribution in [0.4, 0.5) is 4.39 Å². The van der Waals surface area contributed by atoms with Crippen LogP contribution in [0.1, 0.15) is 24.2 Å². The molecule has 0 aliphatic carbocycles. The van der Waals surface area contributed by atoms with Gasteiger partial charge in [-0.2, -0.15) is 0 Å². The second-order valence-corrected chi connectivity index (χ2v) is 4.09. The largest absolute Gasteiger partial charge is 0.483 e. The Hall–Kier alpha value is -1.87. The Morgan fingerprint density at radius 3 is 2.50 bits per heavy atom. The zero-order chi connectivity index (χ0) is 13.0. The molecule has 3 heteroatoms. The average molecular weight is 246 g/mol. The molecular formula is C15H15FO2. The van der Waals surface area contributed by atoms with Crippen molar-refractivity contribution in [1.82, 2.24) is 0 Å².